The number of nitrogens with zero attached hydrogens (tertiary/aromatic N) is 2. The van der Waals surface area contributed by atoms with Gasteiger partial charge in [0.05, 0.1) is 5.69 Å². The predicted molar refractivity (Wildman–Crippen MR) is 90.6 cm³/mol. The molecule has 1 fully saturated rings. The maximum absolute atomic E-state index is 4.50. The maximum Gasteiger partial charge on any atom is 0.0562 e. The molecule has 0 aliphatic heterocycles. The van der Waals surface area contributed by atoms with Gasteiger partial charge in [-0.25, -0.2) is 0 Å². The van der Waals surface area contributed by atoms with Gasteiger partial charge in [0.15, 0.2) is 0 Å². The van der Waals surface area contributed by atoms with Crippen LogP contribution >= 0.6 is 0 Å². The van der Waals surface area contributed by atoms with Gasteiger partial charge >= 0.3 is 0 Å². The third kappa shape index (κ3) is 5.66. The number of anilines is 1. The molecule has 0 atom stereocenters. The molecule has 0 radical (unpaired) electrons. The van der Waals surface area contributed by atoms with Crippen LogP contribution in [0.2, 0.25) is 0 Å². The van der Waals surface area contributed by atoms with Crippen molar-refractivity contribution in [2.75, 3.05) is 18.0 Å². The van der Waals surface area contributed by atoms with Crippen molar-refractivity contribution in [2.45, 2.75) is 59.5 Å². The zero-order chi connectivity index (χ0) is 15.2. The van der Waals surface area contributed by atoms with Gasteiger partial charge < -0.3 is 10.2 Å². The van der Waals surface area contributed by atoms with Gasteiger partial charge in [-0.3, -0.25) is 4.98 Å². The first-order valence-corrected chi connectivity index (χ1v) is 8.48. The Balaban J connectivity index is 1.96. The van der Waals surface area contributed by atoms with Crippen LogP contribution in [0.1, 0.15) is 52.7 Å². The summed E-state index contributed by atoms with van der Waals surface area (Å²) in [4.78, 5) is 7.10. The molecular weight excluding hydrogens is 258 g/mol. The van der Waals surface area contributed by atoms with Gasteiger partial charge in [-0.15, -0.1) is 0 Å². The number of aromatic nitrogens is 1. The van der Waals surface area contributed by atoms with Gasteiger partial charge in [-0.05, 0) is 49.8 Å². The van der Waals surface area contributed by atoms with Crippen LogP contribution in [-0.2, 0) is 6.54 Å². The molecule has 0 bridgehead atoms. The van der Waals surface area contributed by atoms with E-state index in [9.17, 15) is 0 Å². The summed E-state index contributed by atoms with van der Waals surface area (Å²) in [5.41, 5.74) is 2.51. The lowest BCUT2D eigenvalue weighted by molar-refractivity contribution is 0.547. The van der Waals surface area contributed by atoms with Crippen molar-refractivity contribution in [1.82, 2.24) is 10.3 Å². The third-order valence-corrected chi connectivity index (χ3v) is 3.93. The molecule has 0 amide bonds. The number of nitrogens with one attached hydrogen (secondary N) is 1. The summed E-state index contributed by atoms with van der Waals surface area (Å²) in [5, 5.41) is 3.48. The second-order valence-corrected chi connectivity index (χ2v) is 7.14. The van der Waals surface area contributed by atoms with Gasteiger partial charge in [0.25, 0.3) is 0 Å². The zero-order valence-electron chi connectivity index (χ0n) is 14.1. The van der Waals surface area contributed by atoms with E-state index in [-0.39, 0.29) is 0 Å². The highest BCUT2D eigenvalue weighted by Crippen LogP contribution is 2.32. The average Bonchev–Trinajstić information content (AvgIpc) is 3.23. The Morgan fingerprint density at radius 2 is 2.00 bits per heavy atom. The monoisotopic (exact) mass is 289 g/mol. The summed E-state index contributed by atoms with van der Waals surface area (Å²) < 4.78 is 0. The van der Waals surface area contributed by atoms with Crippen LogP contribution in [0.5, 0.6) is 0 Å². The van der Waals surface area contributed by atoms with Crippen LogP contribution in [0.15, 0.2) is 18.3 Å². The maximum atomic E-state index is 4.50. The third-order valence-electron chi connectivity index (χ3n) is 3.93. The van der Waals surface area contributed by atoms with Crippen LogP contribution in [-0.4, -0.2) is 24.1 Å². The topological polar surface area (TPSA) is 28.2 Å². The van der Waals surface area contributed by atoms with E-state index in [1.165, 1.54) is 31.5 Å². The Bertz CT molecular complexity index is 424. The number of rotatable bonds is 9. The second-order valence-electron chi connectivity index (χ2n) is 7.14. The van der Waals surface area contributed by atoms with Crippen LogP contribution in [0, 0.1) is 11.8 Å². The molecule has 2 rings (SSSR count). The summed E-state index contributed by atoms with van der Waals surface area (Å²) in [5.74, 6) is 1.45. The smallest absolute Gasteiger partial charge is 0.0562 e. The lowest BCUT2D eigenvalue weighted by atomic mass is 10.1. The Morgan fingerprint density at radius 3 is 2.62 bits per heavy atom. The van der Waals surface area contributed by atoms with Gasteiger partial charge in [-0.1, -0.05) is 27.7 Å². The molecule has 21 heavy (non-hydrogen) atoms. The molecule has 1 aromatic heterocycles. The fourth-order valence-corrected chi connectivity index (χ4v) is 2.54. The number of pyridine rings is 1. The highest BCUT2D eigenvalue weighted by Gasteiger charge is 2.29. The Hall–Kier alpha value is -1.09. The zero-order valence-corrected chi connectivity index (χ0v) is 14.1. The minimum atomic E-state index is 0.683. The summed E-state index contributed by atoms with van der Waals surface area (Å²) in [6, 6.07) is 5.21. The summed E-state index contributed by atoms with van der Waals surface area (Å²) in [6.07, 6.45) is 5.93. The molecule has 1 aliphatic carbocycles. The van der Waals surface area contributed by atoms with Crippen LogP contribution in [0.4, 0.5) is 5.69 Å². The van der Waals surface area contributed by atoms with Crippen molar-refractivity contribution in [3.8, 4) is 0 Å². The van der Waals surface area contributed by atoms with E-state index in [4.69, 9.17) is 0 Å². The molecule has 1 saturated carbocycles. The van der Waals surface area contributed by atoms with Crippen LogP contribution in [0.25, 0.3) is 0 Å². The van der Waals surface area contributed by atoms with Crippen LogP contribution < -0.4 is 10.2 Å². The van der Waals surface area contributed by atoms with E-state index >= 15 is 0 Å². The van der Waals surface area contributed by atoms with E-state index in [0.29, 0.717) is 5.92 Å². The average molecular weight is 289 g/mol. The van der Waals surface area contributed by atoms with E-state index in [0.717, 1.165) is 30.7 Å². The second kappa shape index (κ2) is 7.79. The molecule has 1 aliphatic rings. The predicted octanol–water partition coefficient (Wildman–Crippen LogP) is 3.84. The minimum Gasteiger partial charge on any atom is -0.368 e. The summed E-state index contributed by atoms with van der Waals surface area (Å²) >= 11 is 0. The molecule has 0 aromatic carbocycles. The van der Waals surface area contributed by atoms with Crippen molar-refractivity contribution in [3.63, 3.8) is 0 Å². The molecule has 0 unspecified atom stereocenters. The van der Waals surface area contributed by atoms with E-state index in [1.807, 2.05) is 6.20 Å². The lowest BCUT2D eigenvalue weighted by Gasteiger charge is -2.26. The molecule has 0 saturated heterocycles. The summed E-state index contributed by atoms with van der Waals surface area (Å²) in [6.45, 7) is 12.2. The molecule has 1 aromatic rings. The SMILES string of the molecule is CC(C)CCN(c1ccnc(CNCC(C)C)c1)C1CC1. The molecule has 118 valence electrons. The lowest BCUT2D eigenvalue weighted by Crippen LogP contribution is -2.28. The fraction of sp³-hybridized carbons (Fsp3) is 0.722. The van der Waals surface area contributed by atoms with Crippen molar-refractivity contribution in [2.24, 2.45) is 11.8 Å². The number of hydrogen-bond acceptors (Lipinski definition) is 3. The van der Waals surface area contributed by atoms with Crippen molar-refractivity contribution < 1.29 is 0 Å². The van der Waals surface area contributed by atoms with E-state index < -0.39 is 0 Å². The first-order valence-electron chi connectivity index (χ1n) is 8.48. The van der Waals surface area contributed by atoms with Crippen molar-refractivity contribution in [3.05, 3.63) is 24.0 Å². The Kier molecular flexibility index (Phi) is 6.04. The molecule has 3 nitrogen and oxygen atoms in total. The highest BCUT2D eigenvalue weighted by atomic mass is 15.2. The van der Waals surface area contributed by atoms with Crippen molar-refractivity contribution in [1.29, 1.82) is 0 Å². The normalized spacial score (nSPS) is 15.0. The van der Waals surface area contributed by atoms with Gasteiger partial charge in [0.2, 0.25) is 0 Å². The molecule has 1 heterocycles. The minimum absolute atomic E-state index is 0.683. The van der Waals surface area contributed by atoms with Gasteiger partial charge in [0.1, 0.15) is 0 Å². The fourth-order valence-electron chi connectivity index (χ4n) is 2.54. The largest absolute Gasteiger partial charge is 0.368 e. The summed E-state index contributed by atoms with van der Waals surface area (Å²) in [7, 11) is 0. The molecule has 0 spiro atoms. The van der Waals surface area contributed by atoms with E-state index in [1.54, 1.807) is 0 Å². The first kappa shape index (κ1) is 16.3. The van der Waals surface area contributed by atoms with E-state index in [2.05, 4.69) is 55.0 Å². The Morgan fingerprint density at radius 1 is 1.24 bits per heavy atom. The van der Waals surface area contributed by atoms with Gasteiger partial charge in [-0.2, -0.15) is 0 Å². The molecule has 3 heteroatoms. The standard InChI is InChI=1S/C18H31N3/c1-14(2)8-10-21(17-5-6-17)18-7-9-20-16(11-18)13-19-12-15(3)4/h7,9,11,14-15,17,19H,5-6,8,10,12-13H2,1-4H3. The first-order chi connectivity index (χ1) is 10.1. The van der Waals surface area contributed by atoms with Crippen LogP contribution in [0.3, 0.4) is 0 Å². The molecular formula is C18H31N3. The quantitative estimate of drug-likeness (QED) is 0.748. The van der Waals surface area contributed by atoms with Gasteiger partial charge in [0, 0.05) is 31.0 Å². The highest BCUT2D eigenvalue weighted by molar-refractivity contribution is 5.48. The Labute approximate surface area is 130 Å². The number of hydrogen-bond donors (Lipinski definition) is 1. The van der Waals surface area contributed by atoms with Crippen molar-refractivity contribution >= 4 is 5.69 Å². The molecule has 1 N–H and O–H groups in total.